The highest BCUT2D eigenvalue weighted by Gasteiger charge is 2.11. The van der Waals surface area contributed by atoms with E-state index in [0.717, 1.165) is 33.6 Å². The molecule has 0 bridgehead atoms. The van der Waals surface area contributed by atoms with Crippen molar-refractivity contribution in [3.63, 3.8) is 0 Å². The maximum Gasteiger partial charge on any atom is 0.111 e. The smallest absolute Gasteiger partial charge is 0.111 e. The van der Waals surface area contributed by atoms with Crippen molar-refractivity contribution in [2.75, 3.05) is 0 Å². The number of aromatic nitrogens is 4. The number of rotatable bonds is 1. The zero-order valence-corrected chi connectivity index (χ0v) is 11.3. The molecule has 0 aliphatic rings. The van der Waals surface area contributed by atoms with Gasteiger partial charge in [-0.2, -0.15) is 5.26 Å². The molecule has 0 aliphatic carbocycles. The number of nitrogens with one attached hydrogen (secondary N) is 1. The van der Waals surface area contributed by atoms with Crippen LogP contribution in [0.1, 0.15) is 11.4 Å². The number of aromatic amines is 1. The average Bonchev–Trinajstić information content (AvgIpc) is 3.08. The summed E-state index contributed by atoms with van der Waals surface area (Å²) in [6.45, 7) is 1.96. The van der Waals surface area contributed by atoms with Gasteiger partial charge in [0.1, 0.15) is 5.82 Å². The van der Waals surface area contributed by atoms with Gasteiger partial charge >= 0.3 is 0 Å². The van der Waals surface area contributed by atoms with E-state index in [1.54, 1.807) is 12.4 Å². The normalized spacial score (nSPS) is 11.0. The molecule has 0 amide bonds. The maximum atomic E-state index is 9.09. The molecule has 2 aromatic heterocycles. The molecule has 1 N–H and O–H groups in total. The number of benzene rings is 2. The number of nitriles is 1. The van der Waals surface area contributed by atoms with E-state index in [-0.39, 0.29) is 0 Å². The number of imidazole rings is 2. The molecule has 0 saturated heterocycles. The highest BCUT2D eigenvalue weighted by molar-refractivity contribution is 5.82. The highest BCUT2D eigenvalue weighted by atomic mass is 15.1. The summed E-state index contributed by atoms with van der Waals surface area (Å²) in [5, 5.41) is 9.09. The SMILES string of the molecule is Cc1nc2ccc(C#N)cc2n1-c1ccc2[nH]cnc2c1. The third-order valence-electron chi connectivity index (χ3n) is 3.61. The lowest BCUT2D eigenvalue weighted by atomic mass is 10.2. The van der Waals surface area contributed by atoms with Crippen LogP contribution in [0.4, 0.5) is 0 Å². The standard InChI is InChI=1S/C16H11N5/c1-10-20-14-4-2-11(8-17)6-16(14)21(10)12-3-5-13-15(7-12)19-9-18-13/h2-7,9H,1H3,(H,18,19). The molecule has 0 spiro atoms. The van der Waals surface area contributed by atoms with Crippen molar-refractivity contribution in [1.82, 2.24) is 19.5 Å². The van der Waals surface area contributed by atoms with E-state index >= 15 is 0 Å². The summed E-state index contributed by atoms with van der Waals surface area (Å²) in [7, 11) is 0. The first kappa shape index (κ1) is 11.7. The van der Waals surface area contributed by atoms with Gasteiger partial charge in [-0.3, -0.25) is 4.57 Å². The number of hydrogen-bond acceptors (Lipinski definition) is 3. The van der Waals surface area contributed by atoms with Crippen LogP contribution in [0.25, 0.3) is 27.8 Å². The molecule has 4 rings (SSSR count). The second kappa shape index (κ2) is 4.18. The van der Waals surface area contributed by atoms with Gasteiger partial charge in [-0.05, 0) is 43.3 Å². The zero-order chi connectivity index (χ0) is 14.4. The highest BCUT2D eigenvalue weighted by Crippen LogP contribution is 2.24. The van der Waals surface area contributed by atoms with Gasteiger partial charge < -0.3 is 4.98 Å². The minimum absolute atomic E-state index is 0.629. The first-order chi connectivity index (χ1) is 10.3. The Kier molecular flexibility index (Phi) is 2.33. The number of hydrogen-bond donors (Lipinski definition) is 1. The summed E-state index contributed by atoms with van der Waals surface area (Å²) in [6.07, 6.45) is 1.68. The van der Waals surface area contributed by atoms with E-state index in [9.17, 15) is 0 Å². The molecule has 100 valence electrons. The van der Waals surface area contributed by atoms with Crippen LogP contribution in [-0.2, 0) is 0 Å². The Labute approximate surface area is 120 Å². The van der Waals surface area contributed by atoms with Gasteiger partial charge in [0.05, 0.1) is 40.0 Å². The number of fused-ring (bicyclic) bond motifs is 2. The third-order valence-corrected chi connectivity index (χ3v) is 3.61. The van der Waals surface area contributed by atoms with E-state index in [0.29, 0.717) is 5.56 Å². The molecule has 0 saturated carbocycles. The number of nitrogens with zero attached hydrogens (tertiary/aromatic N) is 4. The van der Waals surface area contributed by atoms with E-state index in [2.05, 4.69) is 21.0 Å². The Balaban J connectivity index is 2.04. The van der Waals surface area contributed by atoms with Crippen molar-refractivity contribution >= 4 is 22.1 Å². The molecular formula is C16H11N5. The van der Waals surface area contributed by atoms with E-state index in [1.165, 1.54) is 0 Å². The summed E-state index contributed by atoms with van der Waals surface area (Å²) in [5.74, 6) is 0.884. The molecule has 5 nitrogen and oxygen atoms in total. The number of H-pyrrole nitrogens is 1. The zero-order valence-electron chi connectivity index (χ0n) is 11.3. The molecule has 0 radical (unpaired) electrons. The lowest BCUT2D eigenvalue weighted by Crippen LogP contribution is -1.96. The minimum Gasteiger partial charge on any atom is -0.345 e. The molecule has 4 aromatic rings. The molecular weight excluding hydrogens is 262 g/mol. The van der Waals surface area contributed by atoms with Crippen LogP contribution >= 0.6 is 0 Å². The van der Waals surface area contributed by atoms with E-state index in [4.69, 9.17) is 5.26 Å². The van der Waals surface area contributed by atoms with Gasteiger partial charge in [-0.15, -0.1) is 0 Å². The Morgan fingerprint density at radius 2 is 2.05 bits per heavy atom. The monoisotopic (exact) mass is 273 g/mol. The predicted octanol–water partition coefficient (Wildman–Crippen LogP) is 3.08. The van der Waals surface area contributed by atoms with Gasteiger partial charge in [0.25, 0.3) is 0 Å². The van der Waals surface area contributed by atoms with Crippen molar-refractivity contribution in [2.45, 2.75) is 6.92 Å². The lowest BCUT2D eigenvalue weighted by Gasteiger charge is -2.07. The van der Waals surface area contributed by atoms with Gasteiger partial charge in [-0.1, -0.05) is 0 Å². The first-order valence-corrected chi connectivity index (χ1v) is 6.59. The van der Waals surface area contributed by atoms with Crippen LogP contribution < -0.4 is 0 Å². The fourth-order valence-electron chi connectivity index (χ4n) is 2.65. The molecule has 5 heteroatoms. The second-order valence-electron chi connectivity index (χ2n) is 4.91. The molecule has 0 aliphatic heterocycles. The van der Waals surface area contributed by atoms with Crippen LogP contribution in [-0.4, -0.2) is 19.5 Å². The Morgan fingerprint density at radius 3 is 2.90 bits per heavy atom. The van der Waals surface area contributed by atoms with Gasteiger partial charge in [0.2, 0.25) is 0 Å². The molecule has 0 fully saturated rings. The van der Waals surface area contributed by atoms with Gasteiger partial charge in [-0.25, -0.2) is 9.97 Å². The van der Waals surface area contributed by atoms with Crippen LogP contribution in [0.2, 0.25) is 0 Å². The van der Waals surface area contributed by atoms with E-state index < -0.39 is 0 Å². The fraction of sp³-hybridized carbons (Fsp3) is 0.0625. The topological polar surface area (TPSA) is 70.3 Å². The van der Waals surface area contributed by atoms with Crippen LogP contribution in [0.15, 0.2) is 42.7 Å². The number of aryl methyl sites for hydroxylation is 1. The Hall–Kier alpha value is -3.13. The van der Waals surface area contributed by atoms with Crippen molar-refractivity contribution in [1.29, 1.82) is 5.26 Å². The van der Waals surface area contributed by atoms with Crippen LogP contribution in [0, 0.1) is 18.3 Å². The second-order valence-corrected chi connectivity index (χ2v) is 4.91. The third kappa shape index (κ3) is 1.70. The van der Waals surface area contributed by atoms with Crippen LogP contribution in [0.5, 0.6) is 0 Å². The summed E-state index contributed by atoms with van der Waals surface area (Å²) in [6, 6.07) is 13.7. The molecule has 2 heterocycles. The fourth-order valence-corrected chi connectivity index (χ4v) is 2.65. The van der Waals surface area contributed by atoms with Crippen LogP contribution in [0.3, 0.4) is 0 Å². The maximum absolute atomic E-state index is 9.09. The lowest BCUT2D eigenvalue weighted by molar-refractivity contribution is 1.00. The molecule has 2 aromatic carbocycles. The quantitative estimate of drug-likeness (QED) is 0.579. The summed E-state index contributed by atoms with van der Waals surface area (Å²) in [5.41, 5.74) is 5.34. The van der Waals surface area contributed by atoms with Gasteiger partial charge in [0, 0.05) is 5.69 Å². The van der Waals surface area contributed by atoms with Gasteiger partial charge in [0.15, 0.2) is 0 Å². The van der Waals surface area contributed by atoms with E-state index in [1.807, 2.05) is 41.8 Å². The van der Waals surface area contributed by atoms with Crippen molar-refractivity contribution in [3.05, 3.63) is 54.1 Å². The summed E-state index contributed by atoms with van der Waals surface area (Å²) < 4.78 is 2.05. The minimum atomic E-state index is 0.629. The van der Waals surface area contributed by atoms with Crippen molar-refractivity contribution < 1.29 is 0 Å². The molecule has 0 unspecified atom stereocenters. The molecule has 21 heavy (non-hydrogen) atoms. The Bertz CT molecular complexity index is 1020. The predicted molar refractivity (Wildman–Crippen MR) is 80.2 cm³/mol. The van der Waals surface area contributed by atoms with Crippen molar-refractivity contribution in [2.24, 2.45) is 0 Å². The Morgan fingerprint density at radius 1 is 1.14 bits per heavy atom. The molecule has 0 atom stereocenters. The average molecular weight is 273 g/mol. The van der Waals surface area contributed by atoms with Crippen molar-refractivity contribution in [3.8, 4) is 11.8 Å². The summed E-state index contributed by atoms with van der Waals surface area (Å²) in [4.78, 5) is 11.9. The largest absolute Gasteiger partial charge is 0.345 e. The summed E-state index contributed by atoms with van der Waals surface area (Å²) >= 11 is 0. The first-order valence-electron chi connectivity index (χ1n) is 6.59.